The van der Waals surface area contributed by atoms with Crippen LogP contribution in [0.15, 0.2) is 23.1 Å². The van der Waals surface area contributed by atoms with Gasteiger partial charge in [-0.3, -0.25) is 9.00 Å². The lowest BCUT2D eigenvalue weighted by Crippen LogP contribution is -2.35. The Morgan fingerprint density at radius 1 is 1.59 bits per heavy atom. The lowest BCUT2D eigenvalue weighted by atomic mass is 10.3. The summed E-state index contributed by atoms with van der Waals surface area (Å²) >= 11 is 5.94. The van der Waals surface area contributed by atoms with E-state index in [-0.39, 0.29) is 5.91 Å². The highest BCUT2D eigenvalue weighted by Gasteiger charge is 2.22. The Kier molecular flexibility index (Phi) is 4.96. The van der Waals surface area contributed by atoms with Crippen molar-refractivity contribution in [2.24, 2.45) is 0 Å². The van der Waals surface area contributed by atoms with Gasteiger partial charge in [0.1, 0.15) is 5.25 Å². The predicted octanol–water partition coefficient (Wildman–Crippen LogP) is 1.55. The largest absolute Gasteiger partial charge is 0.399 e. The summed E-state index contributed by atoms with van der Waals surface area (Å²) in [5.74, 6) is -0.260. The van der Waals surface area contributed by atoms with Crippen LogP contribution in [0.1, 0.15) is 13.8 Å². The number of nitrogen functional groups attached to an aromatic ring is 1. The van der Waals surface area contributed by atoms with Crippen LogP contribution in [0.25, 0.3) is 0 Å². The lowest BCUT2D eigenvalue weighted by molar-refractivity contribution is -0.120. The smallest absolute Gasteiger partial charge is 0.235 e. The highest BCUT2D eigenvalue weighted by molar-refractivity contribution is 7.86. The van der Waals surface area contributed by atoms with E-state index in [1.165, 1.54) is 6.07 Å². The van der Waals surface area contributed by atoms with Crippen molar-refractivity contribution in [3.05, 3.63) is 23.2 Å². The molecule has 0 saturated heterocycles. The monoisotopic (exact) mass is 274 g/mol. The number of hydrogen-bond acceptors (Lipinski definition) is 3. The maximum absolute atomic E-state index is 12.1. The molecule has 1 rings (SSSR count). The third-order valence-corrected chi connectivity index (χ3v) is 4.28. The number of halogens is 1. The van der Waals surface area contributed by atoms with Crippen molar-refractivity contribution in [3.63, 3.8) is 0 Å². The summed E-state index contributed by atoms with van der Waals surface area (Å²) in [5.41, 5.74) is 6.08. The van der Waals surface area contributed by atoms with Gasteiger partial charge >= 0.3 is 0 Å². The molecule has 1 aromatic carbocycles. The standard InChI is InChI=1S/C11H15ClN2O2S/c1-3-14-11(15)7(2)17(16)10-6-8(13)4-5-9(10)12/h4-7H,3,13H2,1-2H3,(H,14,15). The molecule has 0 aliphatic rings. The molecule has 3 N–H and O–H groups in total. The number of nitrogens with two attached hydrogens (primary N) is 1. The predicted molar refractivity (Wildman–Crippen MR) is 70.4 cm³/mol. The number of amides is 1. The molecule has 0 saturated carbocycles. The average Bonchev–Trinajstić information content (AvgIpc) is 2.30. The van der Waals surface area contributed by atoms with E-state index in [1.807, 2.05) is 0 Å². The van der Waals surface area contributed by atoms with Crippen LogP contribution in [0.4, 0.5) is 5.69 Å². The van der Waals surface area contributed by atoms with E-state index in [0.717, 1.165) is 0 Å². The minimum absolute atomic E-state index is 0.260. The number of hydrogen-bond donors (Lipinski definition) is 2. The Morgan fingerprint density at radius 2 is 2.24 bits per heavy atom. The molecule has 0 aliphatic heterocycles. The van der Waals surface area contributed by atoms with Gasteiger partial charge in [0, 0.05) is 12.2 Å². The molecule has 0 aliphatic carbocycles. The average molecular weight is 275 g/mol. The topological polar surface area (TPSA) is 72.2 Å². The van der Waals surface area contributed by atoms with Gasteiger partial charge in [-0.15, -0.1) is 0 Å². The van der Waals surface area contributed by atoms with Crippen molar-refractivity contribution in [3.8, 4) is 0 Å². The van der Waals surface area contributed by atoms with Crippen LogP contribution < -0.4 is 11.1 Å². The number of nitrogens with one attached hydrogen (secondary N) is 1. The third-order valence-electron chi connectivity index (χ3n) is 2.21. The van der Waals surface area contributed by atoms with Crippen molar-refractivity contribution in [1.29, 1.82) is 0 Å². The summed E-state index contributed by atoms with van der Waals surface area (Å²) in [6.45, 7) is 3.91. The zero-order chi connectivity index (χ0) is 13.0. The summed E-state index contributed by atoms with van der Waals surface area (Å²) in [7, 11) is -1.51. The molecule has 0 heterocycles. The van der Waals surface area contributed by atoms with Crippen molar-refractivity contribution in [2.75, 3.05) is 12.3 Å². The molecule has 4 nitrogen and oxygen atoms in total. The summed E-state index contributed by atoms with van der Waals surface area (Å²) in [6.07, 6.45) is 0. The Bertz CT molecular complexity index is 451. The first-order chi connectivity index (χ1) is 7.97. The molecule has 0 aromatic heterocycles. The van der Waals surface area contributed by atoms with Crippen LogP contribution in [0.3, 0.4) is 0 Å². The summed E-state index contributed by atoms with van der Waals surface area (Å²) < 4.78 is 12.1. The summed E-state index contributed by atoms with van der Waals surface area (Å²) in [4.78, 5) is 12.0. The highest BCUT2D eigenvalue weighted by Crippen LogP contribution is 2.24. The zero-order valence-corrected chi connectivity index (χ0v) is 11.3. The second-order valence-electron chi connectivity index (χ2n) is 3.52. The van der Waals surface area contributed by atoms with Crippen molar-refractivity contribution >= 4 is 34.0 Å². The molecule has 0 fully saturated rings. The molecule has 0 radical (unpaired) electrons. The SMILES string of the molecule is CCNC(=O)C(C)S(=O)c1cc(N)ccc1Cl. The van der Waals surface area contributed by atoms with Crippen LogP contribution in [0.2, 0.25) is 5.02 Å². The fourth-order valence-electron chi connectivity index (χ4n) is 1.28. The van der Waals surface area contributed by atoms with Crippen LogP contribution in [-0.4, -0.2) is 21.9 Å². The normalized spacial score (nSPS) is 14.1. The second-order valence-corrected chi connectivity index (χ2v) is 5.67. The minimum atomic E-state index is -1.51. The maximum atomic E-state index is 12.1. The van der Waals surface area contributed by atoms with E-state index in [2.05, 4.69) is 5.32 Å². The van der Waals surface area contributed by atoms with Crippen LogP contribution >= 0.6 is 11.6 Å². The lowest BCUT2D eigenvalue weighted by Gasteiger charge is -2.12. The van der Waals surface area contributed by atoms with Gasteiger partial charge < -0.3 is 11.1 Å². The van der Waals surface area contributed by atoms with E-state index in [1.54, 1.807) is 26.0 Å². The maximum Gasteiger partial charge on any atom is 0.235 e. The molecular weight excluding hydrogens is 260 g/mol. The van der Waals surface area contributed by atoms with E-state index in [0.29, 0.717) is 22.2 Å². The van der Waals surface area contributed by atoms with Crippen LogP contribution in [0, 0.1) is 0 Å². The second kappa shape index (κ2) is 6.02. The molecule has 1 amide bonds. The van der Waals surface area contributed by atoms with E-state index >= 15 is 0 Å². The van der Waals surface area contributed by atoms with Crippen LogP contribution in [-0.2, 0) is 15.6 Å². The van der Waals surface area contributed by atoms with Gasteiger partial charge in [-0.05, 0) is 32.0 Å². The van der Waals surface area contributed by atoms with Crippen molar-refractivity contribution < 1.29 is 9.00 Å². The van der Waals surface area contributed by atoms with Crippen LogP contribution in [0.5, 0.6) is 0 Å². The Labute approximate surface area is 108 Å². The first-order valence-corrected chi connectivity index (χ1v) is 6.79. The summed E-state index contributed by atoms with van der Waals surface area (Å²) in [6, 6.07) is 4.74. The van der Waals surface area contributed by atoms with Crippen molar-refractivity contribution in [1.82, 2.24) is 5.32 Å². The highest BCUT2D eigenvalue weighted by atomic mass is 35.5. The third kappa shape index (κ3) is 3.44. The van der Waals surface area contributed by atoms with Gasteiger partial charge in [0.05, 0.1) is 20.7 Å². The fraction of sp³-hybridized carbons (Fsp3) is 0.364. The minimum Gasteiger partial charge on any atom is -0.399 e. The molecule has 2 unspecified atom stereocenters. The molecule has 0 bridgehead atoms. The van der Waals surface area contributed by atoms with E-state index in [4.69, 9.17) is 17.3 Å². The molecule has 17 heavy (non-hydrogen) atoms. The Morgan fingerprint density at radius 3 is 2.82 bits per heavy atom. The first kappa shape index (κ1) is 14.0. The molecular formula is C11H15ClN2O2S. The Balaban J connectivity index is 2.96. The number of carbonyl (C=O) groups excluding carboxylic acids is 1. The number of carbonyl (C=O) groups is 1. The molecule has 94 valence electrons. The zero-order valence-electron chi connectivity index (χ0n) is 9.70. The fourth-order valence-corrected chi connectivity index (χ4v) is 2.80. The quantitative estimate of drug-likeness (QED) is 0.819. The van der Waals surface area contributed by atoms with Crippen molar-refractivity contribution in [2.45, 2.75) is 24.0 Å². The number of rotatable bonds is 4. The van der Waals surface area contributed by atoms with Gasteiger partial charge in [0.2, 0.25) is 5.91 Å². The van der Waals surface area contributed by atoms with Gasteiger partial charge in [0.25, 0.3) is 0 Å². The Hall–Kier alpha value is -1.07. The molecule has 6 heteroatoms. The molecule has 1 aromatic rings. The summed E-state index contributed by atoms with van der Waals surface area (Å²) in [5, 5.41) is 2.32. The van der Waals surface area contributed by atoms with Gasteiger partial charge in [-0.2, -0.15) is 0 Å². The van der Waals surface area contributed by atoms with Gasteiger partial charge in [-0.1, -0.05) is 11.6 Å². The van der Waals surface area contributed by atoms with Gasteiger partial charge in [0.15, 0.2) is 0 Å². The number of anilines is 1. The van der Waals surface area contributed by atoms with E-state index < -0.39 is 16.0 Å². The van der Waals surface area contributed by atoms with Gasteiger partial charge in [-0.25, -0.2) is 0 Å². The molecule has 2 atom stereocenters. The number of benzene rings is 1. The molecule has 0 spiro atoms. The van der Waals surface area contributed by atoms with E-state index in [9.17, 15) is 9.00 Å². The first-order valence-electron chi connectivity index (χ1n) is 5.20.